The highest BCUT2D eigenvalue weighted by atomic mass is 16.6. The normalized spacial score (nSPS) is 36.5. The molecule has 0 aromatic heterocycles. The molecule has 6 heteroatoms. The second kappa shape index (κ2) is 2.42. The van der Waals surface area contributed by atoms with Crippen LogP contribution in [0, 0.1) is 5.21 Å². The molecule has 2 rings (SSSR count). The molecule has 2 saturated heterocycles. The Morgan fingerprint density at radius 1 is 1.91 bits per heavy atom. The maximum Gasteiger partial charge on any atom is 0.298 e. The summed E-state index contributed by atoms with van der Waals surface area (Å²) in [6.45, 7) is 1.16. The molecule has 0 bridgehead atoms. The molecule has 11 heavy (non-hydrogen) atoms. The summed E-state index contributed by atoms with van der Waals surface area (Å²) in [5, 5.41) is 11.7. The standard InChI is InChI=1S/C5H9N3O3/c9-5-2-8(10)6-7(5)1-4-3-11-4/h4,6,8H,1-3H2. The van der Waals surface area contributed by atoms with Crippen LogP contribution in [0.4, 0.5) is 0 Å². The first-order chi connectivity index (χ1) is 5.25. The van der Waals surface area contributed by atoms with E-state index >= 15 is 0 Å². The summed E-state index contributed by atoms with van der Waals surface area (Å²) in [6, 6.07) is 0. The average molecular weight is 159 g/mol. The van der Waals surface area contributed by atoms with E-state index < -0.39 is 0 Å². The Hall–Kier alpha value is -0.690. The number of carbonyl (C=O) groups is 1. The number of hydrogen-bond donors (Lipinski definition) is 2. The first-order valence-corrected chi connectivity index (χ1v) is 3.47. The van der Waals surface area contributed by atoms with Crippen molar-refractivity contribution in [2.45, 2.75) is 6.10 Å². The molecule has 2 aliphatic rings. The molecule has 2 fully saturated rings. The molecule has 2 heterocycles. The molecule has 0 radical (unpaired) electrons. The van der Waals surface area contributed by atoms with Gasteiger partial charge in [0, 0.05) is 0 Å². The van der Waals surface area contributed by atoms with Gasteiger partial charge in [0.15, 0.2) is 6.54 Å². The van der Waals surface area contributed by atoms with Crippen molar-refractivity contribution in [3.63, 3.8) is 0 Å². The van der Waals surface area contributed by atoms with Gasteiger partial charge in [-0.15, -0.1) is 0 Å². The van der Waals surface area contributed by atoms with Gasteiger partial charge in [-0.1, -0.05) is 5.53 Å². The number of rotatable bonds is 2. The highest BCUT2D eigenvalue weighted by molar-refractivity contribution is 5.77. The van der Waals surface area contributed by atoms with E-state index in [0.717, 1.165) is 0 Å². The molecule has 2 atom stereocenters. The minimum absolute atomic E-state index is 0.0211. The molecule has 62 valence electrons. The fourth-order valence-electron chi connectivity index (χ4n) is 1.01. The average Bonchev–Trinajstić information content (AvgIpc) is 2.64. The van der Waals surface area contributed by atoms with Crippen LogP contribution in [0.3, 0.4) is 0 Å². The lowest BCUT2D eigenvalue weighted by Gasteiger charge is -2.15. The summed E-state index contributed by atoms with van der Waals surface area (Å²) < 4.78 is 4.91. The summed E-state index contributed by atoms with van der Waals surface area (Å²) in [5.41, 5.74) is 2.44. The fourth-order valence-corrected chi connectivity index (χ4v) is 1.01. The Balaban J connectivity index is 1.87. The highest BCUT2D eigenvalue weighted by Crippen LogP contribution is 2.09. The van der Waals surface area contributed by atoms with E-state index in [-0.39, 0.29) is 23.7 Å². The predicted molar refractivity (Wildman–Crippen MR) is 33.8 cm³/mol. The third kappa shape index (κ3) is 1.48. The van der Waals surface area contributed by atoms with Crippen LogP contribution in [0.1, 0.15) is 0 Å². The Bertz CT molecular complexity index is 182. The van der Waals surface area contributed by atoms with Crippen molar-refractivity contribution >= 4 is 5.91 Å². The lowest BCUT2D eigenvalue weighted by Crippen LogP contribution is -3.12. The lowest BCUT2D eigenvalue weighted by molar-refractivity contribution is -0.889. The number of amides is 1. The number of ether oxygens (including phenoxy) is 1. The molecule has 2 unspecified atom stereocenters. The molecular formula is C5H9N3O3. The van der Waals surface area contributed by atoms with E-state index in [4.69, 9.17) is 4.74 Å². The molecule has 2 N–H and O–H groups in total. The Kier molecular flexibility index (Phi) is 1.53. The molecule has 6 nitrogen and oxygen atoms in total. The SMILES string of the molecule is O=C1C[NH+]([O-])NN1CC1CO1. The molecule has 0 aliphatic carbocycles. The van der Waals surface area contributed by atoms with Gasteiger partial charge in [-0.25, -0.2) is 5.01 Å². The number of hydroxylamine groups is 1. The van der Waals surface area contributed by atoms with Gasteiger partial charge in [0.2, 0.25) is 0 Å². The van der Waals surface area contributed by atoms with E-state index in [2.05, 4.69) is 5.53 Å². The van der Waals surface area contributed by atoms with E-state index in [0.29, 0.717) is 13.2 Å². The van der Waals surface area contributed by atoms with Crippen LogP contribution < -0.4 is 10.7 Å². The molecule has 0 spiro atoms. The van der Waals surface area contributed by atoms with Gasteiger partial charge in [-0.05, 0) is 0 Å². The number of quaternary nitrogens is 1. The second-order valence-electron chi connectivity index (χ2n) is 2.67. The fraction of sp³-hybridized carbons (Fsp3) is 0.800. The van der Waals surface area contributed by atoms with Gasteiger partial charge >= 0.3 is 0 Å². The summed E-state index contributed by atoms with van der Waals surface area (Å²) >= 11 is 0. The number of nitrogens with one attached hydrogen (secondary N) is 2. The summed E-state index contributed by atoms with van der Waals surface area (Å²) in [5.74, 6) is -0.162. The van der Waals surface area contributed by atoms with Gasteiger partial charge in [0.1, 0.15) is 6.10 Å². The first-order valence-electron chi connectivity index (χ1n) is 3.47. The van der Waals surface area contributed by atoms with Crippen molar-refractivity contribution in [3.8, 4) is 0 Å². The van der Waals surface area contributed by atoms with Crippen LogP contribution in [0.25, 0.3) is 0 Å². The van der Waals surface area contributed by atoms with Gasteiger partial charge < -0.3 is 9.94 Å². The second-order valence-corrected chi connectivity index (χ2v) is 2.67. The first kappa shape index (κ1) is 6.99. The summed E-state index contributed by atoms with van der Waals surface area (Å²) in [6.07, 6.45) is 0.136. The van der Waals surface area contributed by atoms with Gasteiger partial charge in [0.25, 0.3) is 5.91 Å². The quantitative estimate of drug-likeness (QED) is 0.333. The number of carbonyl (C=O) groups excluding carboxylic acids is 1. The van der Waals surface area contributed by atoms with Gasteiger partial charge in [-0.3, -0.25) is 9.97 Å². The van der Waals surface area contributed by atoms with Crippen molar-refractivity contribution in [2.75, 3.05) is 19.7 Å². The maximum atomic E-state index is 10.9. The zero-order valence-corrected chi connectivity index (χ0v) is 5.87. The number of hydrazine groups is 1. The van der Waals surface area contributed by atoms with E-state index in [9.17, 15) is 10.0 Å². The number of nitrogens with zero attached hydrogens (tertiary/aromatic N) is 1. The Morgan fingerprint density at radius 2 is 2.64 bits per heavy atom. The summed E-state index contributed by atoms with van der Waals surface area (Å²) in [4.78, 5) is 10.9. The van der Waals surface area contributed by atoms with Crippen LogP contribution in [0.15, 0.2) is 0 Å². The molecule has 1 amide bonds. The van der Waals surface area contributed by atoms with Crippen LogP contribution >= 0.6 is 0 Å². The molecular weight excluding hydrogens is 150 g/mol. The monoisotopic (exact) mass is 159 g/mol. The Morgan fingerprint density at radius 3 is 3.09 bits per heavy atom. The zero-order valence-electron chi connectivity index (χ0n) is 5.87. The van der Waals surface area contributed by atoms with Crippen molar-refractivity contribution in [3.05, 3.63) is 5.21 Å². The smallest absolute Gasteiger partial charge is 0.298 e. The molecule has 0 saturated carbocycles. The van der Waals surface area contributed by atoms with Crippen molar-refractivity contribution in [1.82, 2.24) is 10.5 Å². The van der Waals surface area contributed by atoms with Crippen LogP contribution in [-0.4, -0.2) is 36.7 Å². The summed E-state index contributed by atoms with van der Waals surface area (Å²) in [7, 11) is 0. The third-order valence-electron chi connectivity index (χ3n) is 1.66. The van der Waals surface area contributed by atoms with E-state index in [1.165, 1.54) is 5.01 Å². The zero-order chi connectivity index (χ0) is 7.84. The molecule has 0 aromatic carbocycles. The van der Waals surface area contributed by atoms with E-state index in [1.807, 2.05) is 0 Å². The number of hydrogen-bond acceptors (Lipinski definition) is 4. The van der Waals surface area contributed by atoms with Gasteiger partial charge in [0.05, 0.1) is 13.2 Å². The highest BCUT2D eigenvalue weighted by Gasteiger charge is 2.33. The van der Waals surface area contributed by atoms with E-state index in [1.54, 1.807) is 0 Å². The van der Waals surface area contributed by atoms with Crippen molar-refractivity contribution in [1.29, 1.82) is 0 Å². The topological polar surface area (TPSA) is 72.4 Å². The number of epoxide rings is 1. The minimum Gasteiger partial charge on any atom is -0.611 e. The molecule has 0 aromatic rings. The van der Waals surface area contributed by atoms with Crippen LogP contribution in [-0.2, 0) is 9.53 Å². The van der Waals surface area contributed by atoms with Crippen molar-refractivity contribution in [2.24, 2.45) is 0 Å². The third-order valence-corrected chi connectivity index (χ3v) is 1.66. The predicted octanol–water partition coefficient (Wildman–Crippen LogP) is -2.97. The van der Waals surface area contributed by atoms with Crippen LogP contribution in [0.2, 0.25) is 0 Å². The largest absolute Gasteiger partial charge is 0.611 e. The van der Waals surface area contributed by atoms with Crippen LogP contribution in [0.5, 0.6) is 0 Å². The maximum absolute atomic E-state index is 10.9. The molecule has 2 aliphatic heterocycles. The lowest BCUT2D eigenvalue weighted by atomic mass is 10.4. The minimum atomic E-state index is -0.226. The van der Waals surface area contributed by atoms with Crippen molar-refractivity contribution < 1.29 is 14.7 Å². The Labute approximate surface area is 63.2 Å². The van der Waals surface area contributed by atoms with Gasteiger partial charge in [-0.2, -0.15) is 0 Å².